The van der Waals surface area contributed by atoms with Crippen LogP contribution in [0.3, 0.4) is 0 Å². The molecule has 0 heterocycles. The molecule has 1 atom stereocenters. The molecule has 0 aromatic heterocycles. The van der Waals surface area contributed by atoms with Crippen molar-refractivity contribution in [2.45, 2.75) is 26.4 Å². The highest BCUT2D eigenvalue weighted by atomic mass is 16.5. The molecule has 16 heavy (non-hydrogen) atoms. The summed E-state index contributed by atoms with van der Waals surface area (Å²) in [7, 11) is 1.71. The molecule has 1 aromatic carbocycles. The molecule has 0 bridgehead atoms. The van der Waals surface area contributed by atoms with Crippen LogP contribution < -0.4 is 15.4 Å². The molecule has 0 aliphatic heterocycles. The molecular weight excluding hydrogens is 200 g/mol. The lowest BCUT2D eigenvalue weighted by Crippen LogP contribution is -2.35. The van der Waals surface area contributed by atoms with Crippen LogP contribution in [-0.2, 0) is 6.54 Å². The minimum atomic E-state index is 0.463. The van der Waals surface area contributed by atoms with Crippen molar-refractivity contribution in [2.75, 3.05) is 20.2 Å². The molecule has 0 fully saturated rings. The minimum Gasteiger partial charge on any atom is -0.496 e. The van der Waals surface area contributed by atoms with Gasteiger partial charge in [-0.15, -0.1) is 0 Å². The van der Waals surface area contributed by atoms with E-state index in [2.05, 4.69) is 30.5 Å². The first kappa shape index (κ1) is 13.0. The maximum absolute atomic E-state index is 5.30. The topological polar surface area (TPSA) is 33.3 Å². The lowest BCUT2D eigenvalue weighted by molar-refractivity contribution is 0.405. The number of hydrogen-bond acceptors (Lipinski definition) is 3. The van der Waals surface area contributed by atoms with Crippen molar-refractivity contribution in [3.8, 4) is 5.75 Å². The maximum Gasteiger partial charge on any atom is 0.123 e. The van der Waals surface area contributed by atoms with Crippen molar-refractivity contribution >= 4 is 0 Å². The van der Waals surface area contributed by atoms with Crippen molar-refractivity contribution in [3.05, 3.63) is 29.8 Å². The fourth-order valence-corrected chi connectivity index (χ4v) is 1.57. The van der Waals surface area contributed by atoms with E-state index in [1.165, 1.54) is 5.56 Å². The summed E-state index contributed by atoms with van der Waals surface area (Å²) in [5.74, 6) is 0.950. The predicted octanol–water partition coefficient (Wildman–Crippen LogP) is 1.78. The van der Waals surface area contributed by atoms with Crippen molar-refractivity contribution < 1.29 is 4.74 Å². The molecule has 90 valence electrons. The van der Waals surface area contributed by atoms with Crippen LogP contribution in [0.25, 0.3) is 0 Å². The molecule has 3 nitrogen and oxygen atoms in total. The predicted molar refractivity (Wildman–Crippen MR) is 67.8 cm³/mol. The van der Waals surface area contributed by atoms with Crippen LogP contribution in [0.5, 0.6) is 5.75 Å². The van der Waals surface area contributed by atoms with E-state index in [1.807, 2.05) is 18.2 Å². The highest BCUT2D eigenvalue weighted by Crippen LogP contribution is 2.16. The van der Waals surface area contributed by atoms with Gasteiger partial charge >= 0.3 is 0 Å². The summed E-state index contributed by atoms with van der Waals surface area (Å²) in [6.07, 6.45) is 0. The van der Waals surface area contributed by atoms with Crippen molar-refractivity contribution in [1.29, 1.82) is 0 Å². The molecule has 0 spiro atoms. The van der Waals surface area contributed by atoms with Gasteiger partial charge in [-0.1, -0.05) is 25.1 Å². The van der Waals surface area contributed by atoms with E-state index in [9.17, 15) is 0 Å². The highest BCUT2D eigenvalue weighted by molar-refractivity contribution is 5.32. The van der Waals surface area contributed by atoms with Gasteiger partial charge in [-0.25, -0.2) is 0 Å². The van der Waals surface area contributed by atoms with Gasteiger partial charge in [0.05, 0.1) is 7.11 Å². The Kier molecular flexibility index (Phi) is 5.90. The summed E-state index contributed by atoms with van der Waals surface area (Å²) >= 11 is 0. The molecule has 0 aliphatic rings. The van der Waals surface area contributed by atoms with Crippen LogP contribution in [0, 0.1) is 0 Å². The second-order valence-corrected chi connectivity index (χ2v) is 3.90. The molecule has 0 amide bonds. The quantitative estimate of drug-likeness (QED) is 0.738. The molecule has 0 aliphatic carbocycles. The third kappa shape index (κ3) is 4.21. The number of methoxy groups -OCH3 is 1. The monoisotopic (exact) mass is 222 g/mol. The van der Waals surface area contributed by atoms with Gasteiger partial charge in [-0.2, -0.15) is 0 Å². The van der Waals surface area contributed by atoms with Gasteiger partial charge in [0.2, 0.25) is 0 Å². The molecule has 1 unspecified atom stereocenters. The second-order valence-electron chi connectivity index (χ2n) is 3.90. The van der Waals surface area contributed by atoms with Crippen LogP contribution in [0.15, 0.2) is 24.3 Å². The summed E-state index contributed by atoms with van der Waals surface area (Å²) in [4.78, 5) is 0. The Hall–Kier alpha value is -1.06. The lowest BCUT2D eigenvalue weighted by Gasteiger charge is -2.15. The van der Waals surface area contributed by atoms with E-state index in [0.717, 1.165) is 25.4 Å². The molecule has 3 heteroatoms. The summed E-state index contributed by atoms with van der Waals surface area (Å²) in [5.41, 5.74) is 1.20. The first-order valence-electron chi connectivity index (χ1n) is 5.84. The van der Waals surface area contributed by atoms with E-state index in [4.69, 9.17) is 4.74 Å². The van der Waals surface area contributed by atoms with E-state index < -0.39 is 0 Å². The average Bonchev–Trinajstić information content (AvgIpc) is 2.34. The number of hydrogen-bond donors (Lipinski definition) is 2. The van der Waals surface area contributed by atoms with Gasteiger partial charge in [0.15, 0.2) is 0 Å². The Bertz CT molecular complexity index is 302. The fraction of sp³-hybridized carbons (Fsp3) is 0.538. The Morgan fingerprint density at radius 2 is 2.06 bits per heavy atom. The minimum absolute atomic E-state index is 0.463. The summed E-state index contributed by atoms with van der Waals surface area (Å²) in [5, 5.41) is 6.79. The molecule has 2 N–H and O–H groups in total. The third-order valence-electron chi connectivity index (χ3n) is 2.53. The van der Waals surface area contributed by atoms with Crippen LogP contribution >= 0.6 is 0 Å². The summed E-state index contributed by atoms with van der Waals surface area (Å²) in [6.45, 7) is 7.15. The number of likely N-dealkylation sites (N-methyl/N-ethyl adjacent to an activating group) is 1. The number of para-hydroxylation sites is 1. The Morgan fingerprint density at radius 1 is 1.31 bits per heavy atom. The molecule has 0 saturated carbocycles. The Labute approximate surface area is 98.2 Å². The van der Waals surface area contributed by atoms with Crippen molar-refractivity contribution in [3.63, 3.8) is 0 Å². The van der Waals surface area contributed by atoms with E-state index in [0.29, 0.717) is 6.04 Å². The Morgan fingerprint density at radius 3 is 2.75 bits per heavy atom. The van der Waals surface area contributed by atoms with Crippen LogP contribution in [-0.4, -0.2) is 26.2 Å². The first-order chi connectivity index (χ1) is 7.77. The Balaban J connectivity index is 2.41. The van der Waals surface area contributed by atoms with E-state index in [1.54, 1.807) is 7.11 Å². The number of ether oxygens (including phenoxy) is 1. The molecule has 1 rings (SSSR count). The second kappa shape index (κ2) is 7.25. The average molecular weight is 222 g/mol. The zero-order valence-corrected chi connectivity index (χ0v) is 10.4. The summed E-state index contributed by atoms with van der Waals surface area (Å²) in [6, 6.07) is 8.57. The highest BCUT2D eigenvalue weighted by Gasteiger charge is 2.04. The number of benzene rings is 1. The van der Waals surface area contributed by atoms with Crippen molar-refractivity contribution in [1.82, 2.24) is 10.6 Å². The summed E-state index contributed by atoms with van der Waals surface area (Å²) < 4.78 is 5.30. The molecule has 1 aromatic rings. The largest absolute Gasteiger partial charge is 0.496 e. The number of nitrogens with one attached hydrogen (secondary N) is 2. The van der Waals surface area contributed by atoms with Gasteiger partial charge in [-0.3, -0.25) is 0 Å². The van der Waals surface area contributed by atoms with Gasteiger partial charge in [0.1, 0.15) is 5.75 Å². The standard InChI is InChI=1S/C13H22N2O/c1-4-14-9-11(2)15-10-12-7-5-6-8-13(12)16-3/h5-8,11,14-15H,4,9-10H2,1-3H3. The van der Waals surface area contributed by atoms with Crippen LogP contribution in [0.2, 0.25) is 0 Å². The molecule has 0 saturated heterocycles. The maximum atomic E-state index is 5.30. The smallest absolute Gasteiger partial charge is 0.123 e. The zero-order valence-electron chi connectivity index (χ0n) is 10.4. The van der Waals surface area contributed by atoms with Gasteiger partial charge < -0.3 is 15.4 Å². The number of rotatable bonds is 7. The van der Waals surface area contributed by atoms with E-state index in [-0.39, 0.29) is 0 Å². The molecule has 0 radical (unpaired) electrons. The SMILES string of the molecule is CCNCC(C)NCc1ccccc1OC. The van der Waals surface area contributed by atoms with Crippen LogP contribution in [0.4, 0.5) is 0 Å². The molecular formula is C13H22N2O. The van der Waals surface area contributed by atoms with Crippen molar-refractivity contribution in [2.24, 2.45) is 0 Å². The fourth-order valence-electron chi connectivity index (χ4n) is 1.57. The van der Waals surface area contributed by atoms with Gasteiger partial charge in [-0.05, 0) is 19.5 Å². The van der Waals surface area contributed by atoms with Gasteiger partial charge in [0, 0.05) is 24.7 Å². The van der Waals surface area contributed by atoms with Crippen LogP contribution in [0.1, 0.15) is 19.4 Å². The first-order valence-corrected chi connectivity index (χ1v) is 5.84. The lowest BCUT2D eigenvalue weighted by atomic mass is 10.2. The third-order valence-corrected chi connectivity index (χ3v) is 2.53. The van der Waals surface area contributed by atoms with E-state index >= 15 is 0 Å². The zero-order chi connectivity index (χ0) is 11.8. The normalized spacial score (nSPS) is 12.4. The van der Waals surface area contributed by atoms with Gasteiger partial charge in [0.25, 0.3) is 0 Å².